The fourth-order valence-electron chi connectivity index (χ4n) is 7.51. The number of benzene rings is 2. The van der Waals surface area contributed by atoms with Gasteiger partial charge in [0.1, 0.15) is 0 Å². The van der Waals surface area contributed by atoms with Crippen LogP contribution in [0.3, 0.4) is 0 Å². The number of ketones is 1. The number of pyridine rings is 1. The van der Waals surface area contributed by atoms with E-state index in [0.717, 1.165) is 54.7 Å². The molecule has 0 unspecified atom stereocenters. The van der Waals surface area contributed by atoms with E-state index in [1.54, 1.807) is 4.40 Å². The van der Waals surface area contributed by atoms with Crippen molar-refractivity contribution in [2.45, 2.75) is 130 Å². The van der Waals surface area contributed by atoms with E-state index in [-0.39, 0.29) is 43.5 Å². The minimum atomic E-state index is -2.32. The second-order valence-corrected chi connectivity index (χ2v) is 24.5. The third kappa shape index (κ3) is 12.9. The number of fused-ring (bicyclic) bond motifs is 1. The van der Waals surface area contributed by atoms with Gasteiger partial charge in [-0.05, 0) is 25.7 Å². The number of aliphatic hydroxyl groups is 1. The molecule has 0 bridgehead atoms. The van der Waals surface area contributed by atoms with Crippen LogP contribution in [0.5, 0.6) is 0 Å². The third-order valence-corrected chi connectivity index (χ3v) is 22.8. The standard InChI is InChI=1S/C30H42GeN.C13H24O2.Ir/c1-21(2)18-31(19-22(3)4,20-23(5)6)27-13-14-32-30(17-27)26-15-25-11-9-10-12-28(25)29(16-26)24(7)8;1-5-10(6-2)12(14)9-13(15)11(7-3)8-4;/h9-14,16-17,21-24H,18-20H2,1-8H3;9-11,14H,5-8H2,1-4H3;/q-1;;/b;12-9-;. The Bertz CT molecular complexity index is 1390. The number of allylic oxidation sites excluding steroid dienone is 2. The van der Waals surface area contributed by atoms with Gasteiger partial charge >= 0.3 is 200 Å². The molecule has 1 heterocycles. The second-order valence-electron chi connectivity index (χ2n) is 15.3. The van der Waals surface area contributed by atoms with E-state index < -0.39 is 13.3 Å². The molecule has 1 N–H and O–H groups in total. The van der Waals surface area contributed by atoms with Gasteiger partial charge in [-0.3, -0.25) is 4.79 Å². The first-order valence-corrected chi connectivity index (χ1v) is 24.1. The number of rotatable bonds is 16. The van der Waals surface area contributed by atoms with Gasteiger partial charge in [-0.2, -0.15) is 0 Å². The van der Waals surface area contributed by atoms with Crippen molar-refractivity contribution in [3.05, 3.63) is 72.1 Å². The summed E-state index contributed by atoms with van der Waals surface area (Å²) in [4.78, 5) is 16.6. The summed E-state index contributed by atoms with van der Waals surface area (Å²) in [6, 6.07) is 19.5. The average Bonchev–Trinajstić information content (AvgIpc) is 3.01. The van der Waals surface area contributed by atoms with Gasteiger partial charge in [0.15, 0.2) is 5.78 Å². The van der Waals surface area contributed by atoms with Crippen LogP contribution in [0.15, 0.2) is 60.5 Å². The molecule has 0 aliphatic rings. The zero-order valence-corrected chi connectivity index (χ0v) is 36.7. The fourth-order valence-corrected chi connectivity index (χ4v) is 21.7. The SMILES string of the molecule is CC(C)[CH2][Ge]([CH2]C(C)C)([CH2]C(C)C)[c]1ccnc(-c2[c-]c3ccccc3c(C(C)C)c2)c1.CCC(CC)C(=O)/C=C(\O)C(CC)CC.[Ir]. The van der Waals surface area contributed by atoms with E-state index >= 15 is 0 Å². The van der Waals surface area contributed by atoms with Gasteiger partial charge in [0.05, 0.1) is 5.76 Å². The van der Waals surface area contributed by atoms with E-state index in [9.17, 15) is 9.90 Å². The van der Waals surface area contributed by atoms with Gasteiger partial charge in [-0.1, -0.05) is 27.7 Å². The molecule has 0 amide bonds. The molecule has 0 aliphatic heterocycles. The molecule has 0 atom stereocenters. The molecule has 5 heteroatoms. The Morgan fingerprint density at radius 1 is 0.792 bits per heavy atom. The van der Waals surface area contributed by atoms with Crippen LogP contribution < -0.4 is 4.40 Å². The maximum Gasteiger partial charge on any atom is 0.162 e. The molecule has 1 radical (unpaired) electrons. The molecular weight excluding hydrogens is 827 g/mol. The predicted molar refractivity (Wildman–Crippen MR) is 208 cm³/mol. The quantitative estimate of drug-likeness (QED) is 0.0675. The van der Waals surface area contributed by atoms with Gasteiger partial charge in [0.25, 0.3) is 0 Å². The van der Waals surface area contributed by atoms with Gasteiger partial charge in [0, 0.05) is 38.0 Å². The van der Waals surface area contributed by atoms with E-state index in [4.69, 9.17) is 4.98 Å². The van der Waals surface area contributed by atoms with Crippen molar-refractivity contribution < 1.29 is 30.0 Å². The predicted octanol–water partition coefficient (Wildman–Crippen LogP) is 12.3. The third-order valence-electron chi connectivity index (χ3n) is 9.56. The van der Waals surface area contributed by atoms with Crippen LogP contribution in [0.25, 0.3) is 22.0 Å². The summed E-state index contributed by atoms with van der Waals surface area (Å²) in [7, 11) is 0. The van der Waals surface area contributed by atoms with Crippen molar-refractivity contribution in [2.24, 2.45) is 29.6 Å². The molecule has 0 spiro atoms. The Labute approximate surface area is 310 Å². The molecule has 0 aliphatic carbocycles. The molecule has 3 aromatic rings. The average molecular weight is 894 g/mol. The number of aliphatic hydroxyl groups excluding tert-OH is 1. The van der Waals surface area contributed by atoms with Crippen molar-refractivity contribution in [1.29, 1.82) is 0 Å². The van der Waals surface area contributed by atoms with Crippen LogP contribution in [0.4, 0.5) is 0 Å². The number of aromatic nitrogens is 1. The maximum absolute atomic E-state index is 11.7. The summed E-state index contributed by atoms with van der Waals surface area (Å²) in [6.45, 7) is 27.1. The smallest absolute Gasteiger partial charge is 0.162 e. The van der Waals surface area contributed by atoms with E-state index in [1.807, 2.05) is 27.7 Å². The summed E-state index contributed by atoms with van der Waals surface area (Å²) >= 11 is -2.32. The Morgan fingerprint density at radius 2 is 1.31 bits per heavy atom. The number of hydrogen-bond donors (Lipinski definition) is 1. The summed E-state index contributed by atoms with van der Waals surface area (Å²) < 4.78 is 1.64. The van der Waals surface area contributed by atoms with Gasteiger partial charge in [0.2, 0.25) is 0 Å². The first kappa shape index (κ1) is 44.3. The minimum absolute atomic E-state index is 0. The Balaban J connectivity index is 0.000000612. The van der Waals surface area contributed by atoms with Crippen molar-refractivity contribution in [3.8, 4) is 11.3 Å². The summed E-state index contributed by atoms with van der Waals surface area (Å²) in [5.74, 6) is 3.23. The van der Waals surface area contributed by atoms with Gasteiger partial charge in [-0.25, -0.2) is 0 Å². The summed E-state index contributed by atoms with van der Waals surface area (Å²) in [5, 5.41) is 16.5. The Hall–Kier alpha value is -1.75. The van der Waals surface area contributed by atoms with Crippen LogP contribution in [0.1, 0.15) is 120 Å². The molecule has 269 valence electrons. The van der Waals surface area contributed by atoms with Crippen molar-refractivity contribution in [2.75, 3.05) is 0 Å². The zero-order chi connectivity index (χ0) is 35.3. The van der Waals surface area contributed by atoms with Crippen LogP contribution in [0.2, 0.25) is 15.8 Å². The Morgan fingerprint density at radius 3 is 1.79 bits per heavy atom. The van der Waals surface area contributed by atoms with Crippen molar-refractivity contribution in [3.63, 3.8) is 0 Å². The molecule has 3 nitrogen and oxygen atoms in total. The number of nitrogens with zero attached hydrogens (tertiary/aromatic N) is 1. The topological polar surface area (TPSA) is 50.2 Å². The van der Waals surface area contributed by atoms with Crippen LogP contribution >= 0.6 is 0 Å². The molecule has 2 aromatic carbocycles. The largest absolute Gasteiger partial charge is 0.512 e. The van der Waals surface area contributed by atoms with Crippen LogP contribution in [-0.4, -0.2) is 29.1 Å². The Kier molecular flexibility index (Phi) is 19.8. The van der Waals surface area contributed by atoms with E-state index in [2.05, 4.69) is 110 Å². The van der Waals surface area contributed by atoms with Crippen molar-refractivity contribution >= 4 is 34.2 Å². The second kappa shape index (κ2) is 21.5. The first-order chi connectivity index (χ1) is 22.2. The summed E-state index contributed by atoms with van der Waals surface area (Å²) in [6.07, 6.45) is 6.98. The van der Waals surface area contributed by atoms with E-state index in [0.29, 0.717) is 5.92 Å². The van der Waals surface area contributed by atoms with Crippen LogP contribution in [-0.2, 0) is 24.9 Å². The van der Waals surface area contributed by atoms with Crippen molar-refractivity contribution in [1.82, 2.24) is 4.98 Å². The molecule has 0 fully saturated rings. The number of carbonyl (C=O) groups is 1. The first-order valence-electron chi connectivity index (χ1n) is 18.6. The molecule has 0 saturated carbocycles. The van der Waals surface area contributed by atoms with Gasteiger partial charge < -0.3 is 5.11 Å². The summed E-state index contributed by atoms with van der Waals surface area (Å²) in [5.41, 5.74) is 3.63. The normalized spacial score (nSPS) is 12.3. The monoisotopic (exact) mass is 895 g/mol. The maximum atomic E-state index is 11.7. The minimum Gasteiger partial charge on any atom is -0.512 e. The molecule has 0 saturated heterocycles. The molecular formula is C43H66GeIrNO2-. The fraction of sp³-hybridized carbons (Fsp3) is 0.581. The molecule has 3 rings (SSSR count). The van der Waals surface area contributed by atoms with E-state index in [1.165, 1.54) is 38.2 Å². The zero-order valence-electron chi connectivity index (χ0n) is 32.2. The molecule has 48 heavy (non-hydrogen) atoms. The number of hydrogen-bond acceptors (Lipinski definition) is 3. The van der Waals surface area contributed by atoms with Gasteiger partial charge in [-0.15, -0.1) is 0 Å². The van der Waals surface area contributed by atoms with Crippen LogP contribution in [0, 0.1) is 35.7 Å². The molecule has 1 aromatic heterocycles. The number of carbonyl (C=O) groups excluding carboxylic acids is 1.